The first-order valence-electron chi connectivity index (χ1n) is 32.9. The molecule has 0 aromatic rings. The molecule has 6 nitrogen and oxygen atoms in total. The normalized spacial score (nSPS) is 13.4. The zero-order valence-corrected chi connectivity index (χ0v) is 52.9. The SMILES string of the molecule is CC/C=C\C/C=C\C/C=C\C/C=C\C/C=C\C/C=C\C/C=C\CCCC(=O)OC(COC(=O)CC/C=C\C/C=C\C/C=C\C/C=C\CC)COC(=O)CCCCCCCCCCCCCCC/C=C\C/C=C\C/C=C\C/C=C\C/C=C\CC. The molecule has 0 aliphatic carbocycles. The first-order valence-corrected chi connectivity index (χ1v) is 32.9. The lowest BCUT2D eigenvalue weighted by atomic mass is 10.0. The zero-order chi connectivity index (χ0) is 59.9. The van der Waals surface area contributed by atoms with Crippen LogP contribution in [0.25, 0.3) is 0 Å². The highest BCUT2D eigenvalue weighted by molar-refractivity contribution is 5.71. The highest BCUT2D eigenvalue weighted by Gasteiger charge is 2.19. The van der Waals surface area contributed by atoms with Gasteiger partial charge in [0.2, 0.25) is 0 Å². The van der Waals surface area contributed by atoms with Crippen LogP contribution in [0.5, 0.6) is 0 Å². The van der Waals surface area contributed by atoms with Crippen molar-refractivity contribution >= 4 is 17.9 Å². The Hall–Kier alpha value is -5.75. The van der Waals surface area contributed by atoms with E-state index in [1.807, 2.05) is 12.2 Å². The van der Waals surface area contributed by atoms with Gasteiger partial charge in [-0.2, -0.15) is 0 Å². The van der Waals surface area contributed by atoms with Crippen LogP contribution in [0.4, 0.5) is 0 Å². The van der Waals surface area contributed by atoms with Gasteiger partial charge in [-0.3, -0.25) is 14.4 Å². The molecule has 0 amide bonds. The van der Waals surface area contributed by atoms with Crippen molar-refractivity contribution in [1.82, 2.24) is 0 Å². The Bertz CT molecular complexity index is 1990. The summed E-state index contributed by atoms with van der Waals surface area (Å²) in [6.45, 7) is 6.17. The number of ether oxygens (including phenoxy) is 3. The minimum atomic E-state index is -0.850. The van der Waals surface area contributed by atoms with E-state index >= 15 is 0 Å². The second kappa shape index (κ2) is 68.7. The molecule has 1 unspecified atom stereocenters. The highest BCUT2D eigenvalue weighted by atomic mass is 16.6. The van der Waals surface area contributed by atoms with Crippen molar-refractivity contribution in [2.75, 3.05) is 13.2 Å². The minimum absolute atomic E-state index is 0.133. The van der Waals surface area contributed by atoms with E-state index in [4.69, 9.17) is 14.2 Å². The first kappa shape index (κ1) is 77.2. The van der Waals surface area contributed by atoms with E-state index in [0.717, 1.165) is 128 Å². The molecule has 0 bridgehead atoms. The van der Waals surface area contributed by atoms with Gasteiger partial charge in [-0.1, -0.05) is 286 Å². The molecular weight excluding hydrogens is 1020 g/mol. The average molecular weight is 1140 g/mol. The summed E-state index contributed by atoms with van der Waals surface area (Å²) in [6.07, 6.45) is 105. The summed E-state index contributed by atoms with van der Waals surface area (Å²) >= 11 is 0. The molecule has 0 rings (SSSR count). The maximum atomic E-state index is 12.9. The van der Waals surface area contributed by atoms with Crippen LogP contribution < -0.4 is 0 Å². The summed E-state index contributed by atoms with van der Waals surface area (Å²) in [5.41, 5.74) is 0. The molecule has 0 aliphatic heterocycles. The molecule has 0 aromatic carbocycles. The fraction of sp³-hybridized carbons (Fsp3) is 0.545. The van der Waals surface area contributed by atoms with E-state index in [1.54, 1.807) is 0 Å². The Morgan fingerprint density at radius 1 is 0.241 bits per heavy atom. The third kappa shape index (κ3) is 66.9. The van der Waals surface area contributed by atoms with Gasteiger partial charge in [-0.15, -0.1) is 0 Å². The van der Waals surface area contributed by atoms with Crippen LogP contribution in [0.2, 0.25) is 0 Å². The summed E-state index contributed by atoms with van der Waals surface area (Å²) in [5.74, 6) is -1.09. The standard InChI is InChI=1S/C77H118O6/c1-4-7-10-13-16-19-22-25-27-29-31-33-35-36-37-38-39-40-42-43-45-47-49-52-55-58-61-64-67-70-76(79)82-73-74(72-81-75(78)69-66-63-60-57-54-51-24-21-18-15-12-9-6-3)83-77(80)71-68-65-62-59-56-53-50-48-46-44-41-34-32-30-28-26-23-20-17-14-11-8-5-2/h7-12,16-21,25-28,31-34,36-37,44,46,50-51,53-54,59-60,62-63,74H,4-6,13-15,22-24,29-30,35,38-43,45,47-49,52,55-58,61,64-73H2,1-3H3/b10-7-,11-8-,12-9-,19-16-,20-17-,21-18-,27-25-,28-26-,33-31-,34-32-,37-36-,46-44-,53-50-,54-51-,62-59-,63-60-. The van der Waals surface area contributed by atoms with Crippen LogP contribution in [-0.2, 0) is 28.6 Å². The smallest absolute Gasteiger partial charge is 0.306 e. The van der Waals surface area contributed by atoms with Crippen molar-refractivity contribution < 1.29 is 28.6 Å². The fourth-order valence-electron chi connectivity index (χ4n) is 8.30. The lowest BCUT2D eigenvalue weighted by Crippen LogP contribution is -2.30. The number of carbonyl (C=O) groups excluding carboxylic acids is 3. The van der Waals surface area contributed by atoms with Gasteiger partial charge in [0.05, 0.1) is 0 Å². The van der Waals surface area contributed by atoms with Crippen LogP contribution in [0.15, 0.2) is 194 Å². The molecule has 0 aliphatic rings. The molecule has 0 saturated carbocycles. The molecule has 0 heterocycles. The predicted octanol–water partition coefficient (Wildman–Crippen LogP) is 23.0. The van der Waals surface area contributed by atoms with E-state index in [9.17, 15) is 14.4 Å². The van der Waals surface area contributed by atoms with Gasteiger partial charge in [0.25, 0.3) is 0 Å². The van der Waals surface area contributed by atoms with Gasteiger partial charge in [0.15, 0.2) is 6.10 Å². The number of allylic oxidation sites excluding steroid dienone is 32. The zero-order valence-electron chi connectivity index (χ0n) is 52.9. The van der Waals surface area contributed by atoms with E-state index < -0.39 is 12.1 Å². The van der Waals surface area contributed by atoms with E-state index in [1.165, 1.54) is 70.6 Å². The number of carbonyl (C=O) groups is 3. The number of unbranched alkanes of at least 4 members (excludes halogenated alkanes) is 14. The van der Waals surface area contributed by atoms with Crippen molar-refractivity contribution in [2.45, 2.75) is 258 Å². The van der Waals surface area contributed by atoms with Gasteiger partial charge in [-0.05, 0) is 141 Å². The second-order valence-corrected chi connectivity index (χ2v) is 20.9. The fourth-order valence-corrected chi connectivity index (χ4v) is 8.30. The quantitative estimate of drug-likeness (QED) is 0.0261. The van der Waals surface area contributed by atoms with Gasteiger partial charge in [-0.25, -0.2) is 0 Å². The predicted molar refractivity (Wildman–Crippen MR) is 361 cm³/mol. The molecule has 0 fully saturated rings. The van der Waals surface area contributed by atoms with E-state index in [-0.39, 0.29) is 38.0 Å². The van der Waals surface area contributed by atoms with Crippen LogP contribution in [0.1, 0.15) is 252 Å². The lowest BCUT2D eigenvalue weighted by Gasteiger charge is -2.18. The molecule has 0 radical (unpaired) electrons. The maximum Gasteiger partial charge on any atom is 0.306 e. The summed E-state index contributed by atoms with van der Waals surface area (Å²) in [4.78, 5) is 38.3. The second-order valence-electron chi connectivity index (χ2n) is 20.9. The molecule has 6 heteroatoms. The Labute approximate surface area is 509 Å². The van der Waals surface area contributed by atoms with Gasteiger partial charge >= 0.3 is 17.9 Å². The molecule has 0 N–H and O–H groups in total. The number of hydrogen-bond donors (Lipinski definition) is 0. The van der Waals surface area contributed by atoms with Gasteiger partial charge in [0.1, 0.15) is 13.2 Å². The number of hydrogen-bond acceptors (Lipinski definition) is 6. The van der Waals surface area contributed by atoms with Crippen molar-refractivity contribution in [2.24, 2.45) is 0 Å². The molecule has 0 saturated heterocycles. The van der Waals surface area contributed by atoms with Crippen LogP contribution in [-0.4, -0.2) is 37.2 Å². The maximum absolute atomic E-state index is 12.9. The lowest BCUT2D eigenvalue weighted by molar-refractivity contribution is -0.166. The Kier molecular flexibility index (Phi) is 64.0. The number of esters is 3. The Morgan fingerprint density at radius 3 is 0.783 bits per heavy atom. The summed E-state index contributed by atoms with van der Waals surface area (Å²) in [7, 11) is 0. The molecule has 462 valence electrons. The van der Waals surface area contributed by atoms with Gasteiger partial charge < -0.3 is 14.2 Å². The molecule has 0 aromatic heterocycles. The molecule has 83 heavy (non-hydrogen) atoms. The van der Waals surface area contributed by atoms with Crippen molar-refractivity contribution in [1.29, 1.82) is 0 Å². The van der Waals surface area contributed by atoms with Crippen molar-refractivity contribution in [3.05, 3.63) is 194 Å². The Morgan fingerprint density at radius 2 is 0.470 bits per heavy atom. The highest BCUT2D eigenvalue weighted by Crippen LogP contribution is 2.15. The summed E-state index contributed by atoms with van der Waals surface area (Å²) < 4.78 is 16.8. The molecular formula is C77H118O6. The largest absolute Gasteiger partial charge is 0.462 e. The molecule has 0 spiro atoms. The van der Waals surface area contributed by atoms with Crippen LogP contribution in [0, 0.1) is 0 Å². The monoisotopic (exact) mass is 1140 g/mol. The number of rotatable bonds is 57. The topological polar surface area (TPSA) is 78.9 Å². The third-order valence-corrected chi connectivity index (χ3v) is 13.1. The molecule has 1 atom stereocenters. The van der Waals surface area contributed by atoms with Crippen LogP contribution in [0.3, 0.4) is 0 Å². The van der Waals surface area contributed by atoms with Gasteiger partial charge in [0, 0.05) is 19.3 Å². The van der Waals surface area contributed by atoms with Crippen molar-refractivity contribution in [3.8, 4) is 0 Å². The Balaban J connectivity index is 4.45. The van der Waals surface area contributed by atoms with Crippen LogP contribution >= 0.6 is 0 Å². The average Bonchev–Trinajstić information content (AvgIpc) is 3.49. The first-order chi connectivity index (χ1) is 41.0. The van der Waals surface area contributed by atoms with Crippen molar-refractivity contribution in [3.63, 3.8) is 0 Å². The third-order valence-electron chi connectivity index (χ3n) is 13.1. The van der Waals surface area contributed by atoms with E-state index in [0.29, 0.717) is 19.3 Å². The van der Waals surface area contributed by atoms with E-state index in [2.05, 4.69) is 203 Å². The minimum Gasteiger partial charge on any atom is -0.462 e. The summed E-state index contributed by atoms with van der Waals surface area (Å²) in [6, 6.07) is 0. The summed E-state index contributed by atoms with van der Waals surface area (Å²) in [5, 5.41) is 0.